The van der Waals surface area contributed by atoms with E-state index < -0.39 is 5.47 Å². The Bertz CT molecular complexity index is 834. The third-order valence-corrected chi connectivity index (χ3v) is 7.33. The Morgan fingerprint density at radius 2 is 1.60 bits per heavy atom. The molecule has 25 heavy (non-hydrogen) atoms. The first-order valence-electron chi connectivity index (χ1n) is 7.51. The van der Waals surface area contributed by atoms with Crippen LogP contribution in [0.3, 0.4) is 0 Å². The molecule has 1 aliphatic rings. The van der Waals surface area contributed by atoms with Gasteiger partial charge in [0.15, 0.2) is 0 Å². The Balaban J connectivity index is 1.64. The molecule has 0 fully saturated rings. The van der Waals surface area contributed by atoms with Gasteiger partial charge in [0.2, 0.25) is 0 Å². The number of hydrogen-bond donors (Lipinski definition) is 1. The van der Waals surface area contributed by atoms with Crippen molar-refractivity contribution in [2.75, 3.05) is 20.3 Å². The van der Waals surface area contributed by atoms with E-state index in [4.69, 9.17) is 21.1 Å². The molecular formula is C17H16NO4PS2. The molecule has 0 saturated carbocycles. The molecule has 1 aliphatic heterocycles. The van der Waals surface area contributed by atoms with Crippen LogP contribution in [0.4, 0.5) is 0 Å². The number of ether oxygens (including phenoxy) is 1. The number of nitrogens with zero attached hydrogens (tertiary/aromatic N) is 1. The van der Waals surface area contributed by atoms with Gasteiger partial charge in [-0.3, -0.25) is 14.5 Å². The van der Waals surface area contributed by atoms with Gasteiger partial charge in [-0.25, -0.2) is 0 Å². The maximum absolute atomic E-state index is 12.3. The molecule has 0 aromatic heterocycles. The summed E-state index contributed by atoms with van der Waals surface area (Å²) >= 11 is 9.97. The number of methoxy groups -OCH3 is 1. The van der Waals surface area contributed by atoms with Crippen molar-refractivity contribution in [2.45, 2.75) is 0 Å². The quantitative estimate of drug-likeness (QED) is 0.465. The Labute approximate surface area is 156 Å². The van der Waals surface area contributed by atoms with Crippen LogP contribution in [0.15, 0.2) is 48.5 Å². The van der Waals surface area contributed by atoms with Gasteiger partial charge in [-0.2, -0.15) is 0 Å². The fraction of sp³-hybridized carbons (Fsp3) is 0.176. The molecule has 0 radical (unpaired) electrons. The number of imide groups is 1. The number of amides is 2. The third kappa shape index (κ3) is 3.65. The van der Waals surface area contributed by atoms with E-state index in [0.717, 1.165) is 11.1 Å². The van der Waals surface area contributed by atoms with Crippen LogP contribution in [0.1, 0.15) is 20.7 Å². The Hall–Kier alpha value is -1.66. The maximum Gasteiger partial charge on any atom is 0.261 e. The van der Waals surface area contributed by atoms with Crippen molar-refractivity contribution >= 4 is 46.6 Å². The largest absolute Gasteiger partial charge is 0.497 e. The Morgan fingerprint density at radius 1 is 1.04 bits per heavy atom. The average molecular weight is 393 g/mol. The highest BCUT2D eigenvalue weighted by Crippen LogP contribution is 2.51. The first-order chi connectivity index (χ1) is 11.9. The van der Waals surface area contributed by atoms with Gasteiger partial charge < -0.3 is 9.26 Å². The molecule has 1 heterocycles. The number of carbonyl (C=O) groups is 2. The molecular weight excluding hydrogens is 377 g/mol. The number of carbonyl (C=O) groups excluding carboxylic acids is 2. The van der Waals surface area contributed by atoms with E-state index in [1.165, 1.54) is 4.90 Å². The van der Waals surface area contributed by atoms with Gasteiger partial charge in [-0.1, -0.05) is 23.9 Å². The lowest BCUT2D eigenvalue weighted by Gasteiger charge is -2.19. The van der Waals surface area contributed by atoms with Gasteiger partial charge in [-0.05, 0) is 36.4 Å². The summed E-state index contributed by atoms with van der Waals surface area (Å²) in [6, 6.07) is 14.0. The molecule has 1 unspecified atom stereocenters. The highest BCUT2D eigenvalue weighted by molar-refractivity contribution is 8.64. The predicted octanol–water partition coefficient (Wildman–Crippen LogP) is 2.87. The van der Waals surface area contributed by atoms with Crippen molar-refractivity contribution in [1.82, 2.24) is 4.90 Å². The van der Waals surface area contributed by atoms with E-state index in [1.807, 2.05) is 12.1 Å². The number of benzene rings is 2. The summed E-state index contributed by atoms with van der Waals surface area (Å²) in [7, 11) is 1.59. The number of thiol groups is 1. The van der Waals surface area contributed by atoms with Crippen LogP contribution in [0.2, 0.25) is 0 Å². The Morgan fingerprint density at radius 3 is 2.12 bits per heavy atom. The molecule has 0 aliphatic carbocycles. The van der Waals surface area contributed by atoms with Crippen molar-refractivity contribution in [3.63, 3.8) is 0 Å². The lowest BCUT2D eigenvalue weighted by atomic mass is 10.1. The number of fused-ring (bicyclic) bond motifs is 1. The molecule has 130 valence electrons. The normalized spacial score (nSPS) is 15.8. The van der Waals surface area contributed by atoms with Crippen LogP contribution in [-0.2, 0) is 16.3 Å². The lowest BCUT2D eigenvalue weighted by Crippen LogP contribution is -2.32. The summed E-state index contributed by atoms with van der Waals surface area (Å²) in [4.78, 5) is 25.8. The standard InChI is InChI=1S/C17H16NO4PS2/c1-21-12-6-8-13(9-7-12)23(24,25)22-11-10-18-16(19)14-4-2-3-5-15(14)17(18)20/h2-9H,10-11H2,1H3,(H,24,25). The third-order valence-electron chi connectivity index (χ3n) is 3.86. The molecule has 0 spiro atoms. The van der Waals surface area contributed by atoms with Gasteiger partial charge in [0.05, 0.1) is 31.4 Å². The fourth-order valence-electron chi connectivity index (χ4n) is 2.54. The van der Waals surface area contributed by atoms with Crippen LogP contribution in [0.25, 0.3) is 0 Å². The van der Waals surface area contributed by atoms with Gasteiger partial charge >= 0.3 is 0 Å². The van der Waals surface area contributed by atoms with E-state index in [2.05, 4.69) is 12.2 Å². The van der Waals surface area contributed by atoms with Crippen LogP contribution >= 0.6 is 17.7 Å². The molecule has 5 nitrogen and oxygen atoms in total. The summed E-state index contributed by atoms with van der Waals surface area (Å²) in [5, 5.41) is 0.786. The predicted molar refractivity (Wildman–Crippen MR) is 104 cm³/mol. The van der Waals surface area contributed by atoms with E-state index in [0.29, 0.717) is 11.1 Å². The first kappa shape index (κ1) is 18.1. The smallest absolute Gasteiger partial charge is 0.261 e. The molecule has 8 heteroatoms. The Kier molecular flexibility index (Phi) is 5.29. The molecule has 0 N–H and O–H groups in total. The fourth-order valence-corrected chi connectivity index (χ4v) is 4.78. The second-order valence-electron chi connectivity index (χ2n) is 5.36. The van der Waals surface area contributed by atoms with Gasteiger partial charge in [0, 0.05) is 5.30 Å². The highest BCUT2D eigenvalue weighted by atomic mass is 32.9. The van der Waals surface area contributed by atoms with Crippen LogP contribution in [0, 0.1) is 0 Å². The van der Waals surface area contributed by atoms with Crippen molar-refractivity contribution in [3.8, 4) is 5.75 Å². The van der Waals surface area contributed by atoms with Crippen molar-refractivity contribution in [2.24, 2.45) is 0 Å². The van der Waals surface area contributed by atoms with Crippen molar-refractivity contribution in [3.05, 3.63) is 59.7 Å². The summed E-state index contributed by atoms with van der Waals surface area (Å²) in [5.74, 6) is 0.111. The molecule has 2 aromatic carbocycles. The highest BCUT2D eigenvalue weighted by Gasteiger charge is 2.34. The summed E-state index contributed by atoms with van der Waals surface area (Å²) in [5.41, 5.74) is -1.67. The molecule has 1 atom stereocenters. The van der Waals surface area contributed by atoms with E-state index >= 15 is 0 Å². The minimum absolute atomic E-state index is 0.137. The zero-order valence-corrected chi connectivity index (χ0v) is 16.0. The molecule has 3 rings (SSSR count). The van der Waals surface area contributed by atoms with Crippen molar-refractivity contribution in [1.29, 1.82) is 0 Å². The summed E-state index contributed by atoms with van der Waals surface area (Å²) in [6.45, 7) is 0.278. The van der Waals surface area contributed by atoms with Gasteiger partial charge in [0.25, 0.3) is 11.8 Å². The topological polar surface area (TPSA) is 55.8 Å². The van der Waals surface area contributed by atoms with Crippen LogP contribution in [-0.4, -0.2) is 37.0 Å². The van der Waals surface area contributed by atoms with Gasteiger partial charge in [0.1, 0.15) is 11.2 Å². The first-order valence-corrected chi connectivity index (χ1v) is 11.4. The number of rotatable bonds is 6. The summed E-state index contributed by atoms with van der Waals surface area (Å²) < 4.78 is 10.9. The van der Waals surface area contributed by atoms with E-state index in [1.54, 1.807) is 43.5 Å². The maximum atomic E-state index is 12.3. The molecule has 0 saturated heterocycles. The minimum Gasteiger partial charge on any atom is -0.497 e. The van der Waals surface area contributed by atoms with Crippen LogP contribution < -0.4 is 10.0 Å². The zero-order chi connectivity index (χ0) is 18.0. The van der Waals surface area contributed by atoms with Crippen LogP contribution in [0.5, 0.6) is 5.75 Å². The van der Waals surface area contributed by atoms with E-state index in [-0.39, 0.29) is 25.0 Å². The van der Waals surface area contributed by atoms with Crippen molar-refractivity contribution < 1.29 is 18.8 Å². The average Bonchev–Trinajstić information content (AvgIpc) is 2.87. The molecule has 2 amide bonds. The molecule has 2 aromatic rings. The zero-order valence-electron chi connectivity index (χ0n) is 13.4. The minimum atomic E-state index is -2.52. The summed E-state index contributed by atoms with van der Waals surface area (Å²) in [6.07, 6.45) is 0. The SMILES string of the molecule is COc1ccc(P(=S)(S)OCCN2C(=O)c3ccccc3C2=O)cc1. The lowest BCUT2D eigenvalue weighted by molar-refractivity contribution is 0.0635. The second-order valence-corrected chi connectivity index (χ2v) is 11.2. The van der Waals surface area contributed by atoms with E-state index in [9.17, 15) is 9.59 Å². The van der Waals surface area contributed by atoms with Gasteiger partial charge in [-0.15, -0.1) is 12.2 Å². The molecule has 0 bridgehead atoms. The monoisotopic (exact) mass is 393 g/mol. The number of hydrogen-bond acceptors (Lipinski definition) is 5. The second kappa shape index (κ2) is 7.30.